The first-order valence-corrected chi connectivity index (χ1v) is 7.14. The fraction of sp³-hybridized carbons (Fsp3) is 0.533. The molecule has 0 bridgehead atoms. The van der Waals surface area contributed by atoms with E-state index >= 15 is 0 Å². The molecule has 0 spiro atoms. The van der Waals surface area contributed by atoms with Crippen molar-refractivity contribution >= 4 is 11.6 Å². The van der Waals surface area contributed by atoms with Crippen LogP contribution in [0.15, 0.2) is 18.2 Å². The molecular formula is C15H21N3O. The highest BCUT2D eigenvalue weighted by Crippen LogP contribution is 2.28. The summed E-state index contributed by atoms with van der Waals surface area (Å²) in [4.78, 5) is 11.3. The van der Waals surface area contributed by atoms with E-state index in [2.05, 4.69) is 16.7 Å². The van der Waals surface area contributed by atoms with Crippen LogP contribution in [0.2, 0.25) is 0 Å². The molecule has 2 unspecified atom stereocenters. The number of carbonyl (C=O) groups excluding carboxylic acids is 1. The molecule has 1 amide bonds. The summed E-state index contributed by atoms with van der Waals surface area (Å²) in [5.74, 6) is 0.0784. The molecule has 1 aromatic carbocycles. The van der Waals surface area contributed by atoms with Gasteiger partial charge in [0, 0.05) is 17.8 Å². The summed E-state index contributed by atoms with van der Waals surface area (Å²) in [5, 5.41) is 6.39. The van der Waals surface area contributed by atoms with Gasteiger partial charge in [0.05, 0.1) is 6.42 Å². The first-order valence-electron chi connectivity index (χ1n) is 7.14. The molecule has 0 radical (unpaired) electrons. The highest BCUT2D eigenvalue weighted by atomic mass is 16.1. The summed E-state index contributed by atoms with van der Waals surface area (Å²) < 4.78 is 0. The normalized spacial score (nSPS) is 23.8. The summed E-state index contributed by atoms with van der Waals surface area (Å²) in [5.41, 5.74) is 9.47. The highest BCUT2D eigenvalue weighted by molar-refractivity contribution is 5.99. The number of nitrogens with one attached hydrogen (secondary N) is 2. The molecule has 2 aliphatic rings. The van der Waals surface area contributed by atoms with Crippen LogP contribution in [0.1, 0.15) is 42.9 Å². The number of hydrogen-bond donors (Lipinski definition) is 3. The molecular weight excluding hydrogens is 238 g/mol. The summed E-state index contributed by atoms with van der Waals surface area (Å²) in [7, 11) is 0. The molecule has 102 valence electrons. The van der Waals surface area contributed by atoms with Gasteiger partial charge < -0.3 is 16.4 Å². The summed E-state index contributed by atoms with van der Waals surface area (Å²) in [6, 6.07) is 6.69. The van der Waals surface area contributed by atoms with Crippen LogP contribution >= 0.6 is 0 Å². The van der Waals surface area contributed by atoms with Crippen LogP contribution in [0, 0.1) is 0 Å². The van der Waals surface area contributed by atoms with E-state index in [9.17, 15) is 4.79 Å². The van der Waals surface area contributed by atoms with E-state index in [1.54, 1.807) is 0 Å². The number of nitrogens with two attached hydrogens (primary N) is 1. The van der Waals surface area contributed by atoms with E-state index in [4.69, 9.17) is 5.73 Å². The van der Waals surface area contributed by atoms with E-state index in [-0.39, 0.29) is 11.9 Å². The maximum Gasteiger partial charge on any atom is 0.228 e. The van der Waals surface area contributed by atoms with E-state index in [0.717, 1.165) is 29.8 Å². The molecule has 0 aromatic heterocycles. The van der Waals surface area contributed by atoms with Crippen LogP contribution in [-0.4, -0.2) is 18.5 Å². The number of anilines is 1. The van der Waals surface area contributed by atoms with Crippen molar-refractivity contribution in [1.82, 2.24) is 5.32 Å². The minimum absolute atomic E-state index is 0.0524. The smallest absolute Gasteiger partial charge is 0.228 e. The molecule has 2 atom stereocenters. The zero-order valence-electron chi connectivity index (χ0n) is 11.1. The predicted octanol–water partition coefficient (Wildman–Crippen LogP) is 1.71. The molecule has 19 heavy (non-hydrogen) atoms. The molecule has 4 nitrogen and oxygen atoms in total. The van der Waals surface area contributed by atoms with Gasteiger partial charge in [0.25, 0.3) is 0 Å². The molecule has 1 fully saturated rings. The fourth-order valence-electron chi connectivity index (χ4n) is 3.05. The first-order chi connectivity index (χ1) is 9.22. The van der Waals surface area contributed by atoms with E-state index in [1.165, 1.54) is 19.3 Å². The number of rotatable bonds is 3. The molecule has 4 N–H and O–H groups in total. The maximum absolute atomic E-state index is 11.3. The average Bonchev–Trinajstić information content (AvgIpc) is 2.78. The molecule has 2 aliphatic heterocycles. The van der Waals surface area contributed by atoms with Gasteiger partial charge in [-0.2, -0.15) is 0 Å². The Labute approximate surface area is 113 Å². The maximum atomic E-state index is 11.3. The van der Waals surface area contributed by atoms with Crippen LogP contribution in [0.5, 0.6) is 0 Å². The van der Waals surface area contributed by atoms with Crippen molar-refractivity contribution in [2.75, 3.05) is 11.9 Å². The van der Waals surface area contributed by atoms with Gasteiger partial charge in [0.15, 0.2) is 0 Å². The number of benzene rings is 1. The SMILES string of the molecule is NC(CC1CCCCN1)c1ccc2c(c1)CC(=O)N2. The Morgan fingerprint density at radius 3 is 3.05 bits per heavy atom. The van der Waals surface area contributed by atoms with Crippen molar-refractivity contribution in [3.05, 3.63) is 29.3 Å². The average molecular weight is 259 g/mol. The second kappa shape index (κ2) is 5.31. The number of piperidine rings is 1. The van der Waals surface area contributed by atoms with Crippen LogP contribution in [0.4, 0.5) is 5.69 Å². The van der Waals surface area contributed by atoms with Crippen LogP contribution in [0.3, 0.4) is 0 Å². The first kappa shape index (κ1) is 12.6. The third kappa shape index (κ3) is 2.80. The number of hydrogen-bond acceptors (Lipinski definition) is 3. The second-order valence-electron chi connectivity index (χ2n) is 5.63. The van der Waals surface area contributed by atoms with Gasteiger partial charge in [-0.05, 0) is 43.0 Å². The van der Waals surface area contributed by atoms with Crippen molar-refractivity contribution in [2.24, 2.45) is 5.73 Å². The van der Waals surface area contributed by atoms with Gasteiger partial charge in [-0.1, -0.05) is 18.6 Å². The van der Waals surface area contributed by atoms with E-state index < -0.39 is 0 Å². The topological polar surface area (TPSA) is 67.1 Å². The molecule has 1 saturated heterocycles. The van der Waals surface area contributed by atoms with Gasteiger partial charge >= 0.3 is 0 Å². The Kier molecular flexibility index (Phi) is 3.53. The minimum Gasteiger partial charge on any atom is -0.326 e. The Balaban J connectivity index is 1.68. The molecule has 4 heteroatoms. The number of amides is 1. The van der Waals surface area contributed by atoms with Crippen LogP contribution < -0.4 is 16.4 Å². The summed E-state index contributed by atoms with van der Waals surface area (Å²) in [6.07, 6.45) is 5.25. The standard InChI is InChI=1S/C15H21N3O/c16-13(9-12-3-1-2-6-17-12)10-4-5-14-11(7-10)8-15(19)18-14/h4-5,7,12-13,17H,1-3,6,8-9,16H2,(H,18,19). The molecule has 0 saturated carbocycles. The van der Waals surface area contributed by atoms with E-state index in [0.29, 0.717) is 12.5 Å². The van der Waals surface area contributed by atoms with Crippen molar-refractivity contribution in [1.29, 1.82) is 0 Å². The lowest BCUT2D eigenvalue weighted by molar-refractivity contribution is -0.115. The minimum atomic E-state index is 0.0524. The summed E-state index contributed by atoms with van der Waals surface area (Å²) >= 11 is 0. The summed E-state index contributed by atoms with van der Waals surface area (Å²) in [6.45, 7) is 1.11. The number of carbonyl (C=O) groups is 1. The number of fused-ring (bicyclic) bond motifs is 1. The monoisotopic (exact) mass is 259 g/mol. The zero-order valence-corrected chi connectivity index (χ0v) is 11.1. The largest absolute Gasteiger partial charge is 0.326 e. The lowest BCUT2D eigenvalue weighted by atomic mass is 9.93. The molecule has 0 aliphatic carbocycles. The quantitative estimate of drug-likeness (QED) is 0.774. The molecule has 1 aromatic rings. The van der Waals surface area contributed by atoms with E-state index in [1.807, 2.05) is 12.1 Å². The lowest BCUT2D eigenvalue weighted by Gasteiger charge is -2.26. The Bertz CT molecular complexity index is 480. The Hall–Kier alpha value is -1.39. The van der Waals surface area contributed by atoms with Gasteiger partial charge in [-0.25, -0.2) is 0 Å². The van der Waals surface area contributed by atoms with Crippen molar-refractivity contribution in [3.8, 4) is 0 Å². The lowest BCUT2D eigenvalue weighted by Crippen LogP contribution is -2.36. The highest BCUT2D eigenvalue weighted by Gasteiger charge is 2.21. The van der Waals surface area contributed by atoms with Crippen LogP contribution in [0.25, 0.3) is 0 Å². The molecule has 3 rings (SSSR count). The van der Waals surface area contributed by atoms with Gasteiger partial charge in [-0.15, -0.1) is 0 Å². The Morgan fingerprint density at radius 2 is 2.26 bits per heavy atom. The van der Waals surface area contributed by atoms with Gasteiger partial charge in [0.1, 0.15) is 0 Å². The third-order valence-corrected chi connectivity index (χ3v) is 4.13. The zero-order chi connectivity index (χ0) is 13.2. The van der Waals surface area contributed by atoms with Crippen molar-refractivity contribution in [3.63, 3.8) is 0 Å². The predicted molar refractivity (Wildman–Crippen MR) is 76.0 cm³/mol. The second-order valence-corrected chi connectivity index (χ2v) is 5.63. The third-order valence-electron chi connectivity index (χ3n) is 4.13. The van der Waals surface area contributed by atoms with Crippen molar-refractivity contribution in [2.45, 2.75) is 44.2 Å². The van der Waals surface area contributed by atoms with Gasteiger partial charge in [0.2, 0.25) is 5.91 Å². The van der Waals surface area contributed by atoms with Gasteiger partial charge in [-0.3, -0.25) is 4.79 Å². The fourth-order valence-corrected chi connectivity index (χ4v) is 3.05. The van der Waals surface area contributed by atoms with Crippen LogP contribution in [-0.2, 0) is 11.2 Å². The molecule has 2 heterocycles. The van der Waals surface area contributed by atoms with Crippen molar-refractivity contribution < 1.29 is 4.79 Å². The Morgan fingerprint density at radius 1 is 1.37 bits per heavy atom.